The third kappa shape index (κ3) is 3.46. The van der Waals surface area contributed by atoms with Gasteiger partial charge in [-0.2, -0.15) is 5.26 Å². The summed E-state index contributed by atoms with van der Waals surface area (Å²) in [5.41, 5.74) is 10.1. The summed E-state index contributed by atoms with van der Waals surface area (Å²) in [7, 11) is 0. The summed E-state index contributed by atoms with van der Waals surface area (Å²) >= 11 is 0. The highest BCUT2D eigenvalue weighted by molar-refractivity contribution is 6.26. The van der Waals surface area contributed by atoms with Crippen LogP contribution in [0.3, 0.4) is 0 Å². The standard InChI is InChI=1S/C43H26N4/c44-27-34-39(46-35-19-8-4-15-29(35)30-16-5-9-20-36(30)46)23-12-24-40(34)47-37-21-10-6-17-31(37)32-25-26-41-42(43(32)47)33-18-7-11-22-38(33)45(41)28-13-2-1-3-14-28/h1-26H. The smallest absolute Gasteiger partial charge is 0.104 e. The van der Waals surface area contributed by atoms with Crippen molar-refractivity contribution in [3.63, 3.8) is 0 Å². The number of rotatable bonds is 3. The normalized spacial score (nSPS) is 11.8. The molecule has 4 nitrogen and oxygen atoms in total. The van der Waals surface area contributed by atoms with E-state index in [-0.39, 0.29) is 0 Å². The second-order valence-electron chi connectivity index (χ2n) is 12.0. The lowest BCUT2D eigenvalue weighted by atomic mass is 10.1. The van der Waals surface area contributed by atoms with Crippen molar-refractivity contribution in [3.8, 4) is 23.1 Å². The molecular formula is C43H26N4. The van der Waals surface area contributed by atoms with Gasteiger partial charge in [-0.1, -0.05) is 103 Å². The Morgan fingerprint density at radius 2 is 0.851 bits per heavy atom. The molecule has 0 radical (unpaired) electrons. The average Bonchev–Trinajstić information content (AvgIpc) is 3.77. The van der Waals surface area contributed by atoms with Crippen LogP contribution in [0.4, 0.5) is 0 Å². The Hall–Kier alpha value is -6.57. The van der Waals surface area contributed by atoms with Gasteiger partial charge in [-0.25, -0.2) is 0 Å². The van der Waals surface area contributed by atoms with Gasteiger partial charge in [0.2, 0.25) is 0 Å². The Kier molecular flexibility index (Phi) is 5.32. The molecule has 0 aliphatic rings. The summed E-state index contributed by atoms with van der Waals surface area (Å²) in [5.74, 6) is 0. The van der Waals surface area contributed by atoms with Gasteiger partial charge >= 0.3 is 0 Å². The fraction of sp³-hybridized carbons (Fsp3) is 0. The van der Waals surface area contributed by atoms with Crippen molar-refractivity contribution in [2.75, 3.05) is 0 Å². The van der Waals surface area contributed by atoms with Crippen molar-refractivity contribution in [1.29, 1.82) is 5.26 Å². The van der Waals surface area contributed by atoms with Crippen molar-refractivity contribution in [2.24, 2.45) is 0 Å². The van der Waals surface area contributed by atoms with E-state index < -0.39 is 0 Å². The van der Waals surface area contributed by atoms with E-state index in [1.54, 1.807) is 0 Å². The van der Waals surface area contributed by atoms with Crippen molar-refractivity contribution >= 4 is 65.4 Å². The first-order valence-electron chi connectivity index (χ1n) is 15.9. The third-order valence-corrected chi connectivity index (χ3v) is 9.68. The first-order valence-corrected chi connectivity index (χ1v) is 15.9. The fourth-order valence-electron chi connectivity index (χ4n) is 7.81. The molecule has 0 atom stereocenters. The number of hydrogen-bond donors (Lipinski definition) is 0. The number of fused-ring (bicyclic) bond motifs is 10. The third-order valence-electron chi connectivity index (χ3n) is 9.68. The van der Waals surface area contributed by atoms with Gasteiger partial charge < -0.3 is 13.7 Å². The molecule has 0 aliphatic heterocycles. The zero-order chi connectivity index (χ0) is 31.1. The van der Waals surface area contributed by atoms with E-state index >= 15 is 0 Å². The van der Waals surface area contributed by atoms with Crippen LogP contribution in [-0.2, 0) is 0 Å². The zero-order valence-corrected chi connectivity index (χ0v) is 25.3. The minimum Gasteiger partial charge on any atom is -0.309 e. The van der Waals surface area contributed by atoms with Crippen molar-refractivity contribution in [2.45, 2.75) is 0 Å². The van der Waals surface area contributed by atoms with Crippen LogP contribution >= 0.6 is 0 Å². The van der Waals surface area contributed by atoms with E-state index in [1.807, 2.05) is 0 Å². The molecule has 0 N–H and O–H groups in total. The van der Waals surface area contributed by atoms with Gasteiger partial charge in [0, 0.05) is 38.0 Å². The van der Waals surface area contributed by atoms with Crippen LogP contribution in [0.25, 0.3) is 82.5 Å². The molecule has 0 aliphatic carbocycles. The molecule has 0 unspecified atom stereocenters. The van der Waals surface area contributed by atoms with Crippen LogP contribution in [0.15, 0.2) is 158 Å². The highest BCUT2D eigenvalue weighted by Gasteiger charge is 2.23. The average molecular weight is 599 g/mol. The fourth-order valence-corrected chi connectivity index (χ4v) is 7.81. The molecule has 0 amide bonds. The molecule has 7 aromatic carbocycles. The largest absolute Gasteiger partial charge is 0.309 e. The molecule has 3 aromatic heterocycles. The number of nitriles is 1. The number of nitrogens with zero attached hydrogens (tertiary/aromatic N) is 4. The van der Waals surface area contributed by atoms with Crippen LogP contribution in [0, 0.1) is 11.3 Å². The summed E-state index contributed by atoms with van der Waals surface area (Å²) in [6, 6.07) is 58.1. The first kappa shape index (κ1) is 25.7. The van der Waals surface area contributed by atoms with Gasteiger partial charge in [-0.05, 0) is 54.6 Å². The molecule has 0 spiro atoms. The maximum Gasteiger partial charge on any atom is 0.104 e. The van der Waals surface area contributed by atoms with Crippen molar-refractivity contribution < 1.29 is 0 Å². The van der Waals surface area contributed by atoms with Crippen molar-refractivity contribution in [3.05, 3.63) is 163 Å². The van der Waals surface area contributed by atoms with E-state index in [0.29, 0.717) is 5.56 Å². The van der Waals surface area contributed by atoms with Gasteiger partial charge in [0.05, 0.1) is 44.5 Å². The second kappa shape index (κ2) is 9.71. The highest BCUT2D eigenvalue weighted by atomic mass is 15.0. The molecule has 10 aromatic rings. The lowest BCUT2D eigenvalue weighted by molar-refractivity contribution is 1.12. The molecule has 0 saturated heterocycles. The van der Waals surface area contributed by atoms with E-state index in [2.05, 4.69) is 177 Å². The van der Waals surface area contributed by atoms with E-state index in [9.17, 15) is 5.26 Å². The Morgan fingerprint density at radius 1 is 0.362 bits per heavy atom. The van der Waals surface area contributed by atoms with E-state index in [4.69, 9.17) is 0 Å². The molecule has 0 saturated carbocycles. The van der Waals surface area contributed by atoms with Crippen LogP contribution in [0.1, 0.15) is 5.56 Å². The molecular weight excluding hydrogens is 573 g/mol. The molecule has 4 heteroatoms. The summed E-state index contributed by atoms with van der Waals surface area (Å²) in [4.78, 5) is 0. The minimum atomic E-state index is 0.630. The molecule has 3 heterocycles. The number of para-hydroxylation sites is 5. The molecule has 0 fully saturated rings. The van der Waals surface area contributed by atoms with Gasteiger partial charge in [-0.15, -0.1) is 0 Å². The summed E-state index contributed by atoms with van der Waals surface area (Å²) < 4.78 is 6.92. The lowest BCUT2D eigenvalue weighted by Gasteiger charge is -2.16. The number of aromatic nitrogens is 3. The van der Waals surface area contributed by atoms with E-state index in [0.717, 1.165) is 60.9 Å². The number of benzene rings is 7. The van der Waals surface area contributed by atoms with Gasteiger partial charge in [0.25, 0.3) is 0 Å². The monoisotopic (exact) mass is 598 g/mol. The summed E-state index contributed by atoms with van der Waals surface area (Å²) in [6.45, 7) is 0. The summed E-state index contributed by atoms with van der Waals surface area (Å²) in [5, 5.41) is 18.1. The van der Waals surface area contributed by atoms with E-state index in [1.165, 1.54) is 21.5 Å². The Morgan fingerprint density at radius 3 is 1.47 bits per heavy atom. The van der Waals surface area contributed by atoms with Gasteiger partial charge in [0.1, 0.15) is 11.6 Å². The van der Waals surface area contributed by atoms with Crippen LogP contribution < -0.4 is 0 Å². The van der Waals surface area contributed by atoms with Crippen LogP contribution in [-0.4, -0.2) is 13.7 Å². The predicted octanol–water partition coefficient (Wildman–Crippen LogP) is 10.8. The van der Waals surface area contributed by atoms with Crippen molar-refractivity contribution in [1.82, 2.24) is 13.7 Å². The Balaban J connectivity index is 1.38. The lowest BCUT2D eigenvalue weighted by Crippen LogP contribution is -2.04. The van der Waals surface area contributed by atoms with Crippen LogP contribution in [0.2, 0.25) is 0 Å². The predicted molar refractivity (Wildman–Crippen MR) is 194 cm³/mol. The zero-order valence-electron chi connectivity index (χ0n) is 25.3. The van der Waals surface area contributed by atoms with Gasteiger partial charge in [-0.3, -0.25) is 0 Å². The topological polar surface area (TPSA) is 38.6 Å². The first-order chi connectivity index (χ1) is 23.3. The molecule has 218 valence electrons. The maximum atomic E-state index is 11.0. The summed E-state index contributed by atoms with van der Waals surface area (Å²) in [6.07, 6.45) is 0. The molecule has 47 heavy (non-hydrogen) atoms. The quantitative estimate of drug-likeness (QED) is 0.199. The van der Waals surface area contributed by atoms with Gasteiger partial charge in [0.15, 0.2) is 0 Å². The second-order valence-corrected chi connectivity index (χ2v) is 12.0. The SMILES string of the molecule is N#Cc1c(-n2c3ccccc3c3ccccc32)cccc1-n1c2ccccc2c2ccc3c(c4ccccc4n3-c3ccccc3)c21. The highest BCUT2D eigenvalue weighted by Crippen LogP contribution is 2.43. The van der Waals surface area contributed by atoms with Crippen LogP contribution in [0.5, 0.6) is 0 Å². The molecule has 10 rings (SSSR count). The molecule has 0 bridgehead atoms. The number of hydrogen-bond acceptors (Lipinski definition) is 1. The Bertz CT molecular complexity index is 2860. The minimum absolute atomic E-state index is 0.630. The maximum absolute atomic E-state index is 11.0. The Labute approximate surface area is 270 Å².